The number of halogens is 3. The summed E-state index contributed by atoms with van der Waals surface area (Å²) in [7, 11) is 1.72. The van der Waals surface area contributed by atoms with E-state index in [1.807, 2.05) is 12.1 Å². The molecule has 12 heteroatoms. The van der Waals surface area contributed by atoms with E-state index in [-0.39, 0.29) is 24.0 Å². The Hall–Kier alpha value is -4.71. The number of aromatic nitrogens is 8. The van der Waals surface area contributed by atoms with Crippen molar-refractivity contribution in [1.82, 2.24) is 44.6 Å². The van der Waals surface area contributed by atoms with Gasteiger partial charge in [-0.3, -0.25) is 29.5 Å². The highest BCUT2D eigenvalue weighted by Gasteiger charge is 2.38. The Kier molecular flexibility index (Phi) is 5.59. The van der Waals surface area contributed by atoms with Gasteiger partial charge in [0.2, 0.25) is 0 Å². The van der Waals surface area contributed by atoms with E-state index < -0.39 is 11.7 Å². The molecule has 9 nitrogen and oxygen atoms in total. The van der Waals surface area contributed by atoms with Gasteiger partial charge in [0, 0.05) is 68.7 Å². The van der Waals surface area contributed by atoms with Crippen molar-refractivity contribution in [3.05, 3.63) is 72.8 Å². The van der Waals surface area contributed by atoms with E-state index in [0.29, 0.717) is 52.5 Å². The Labute approximate surface area is 225 Å². The lowest BCUT2D eigenvalue weighted by molar-refractivity contribution is 0.0115. The lowest BCUT2D eigenvalue weighted by Gasteiger charge is -2.15. The normalized spacial score (nSPS) is 15.4. The Bertz CT molecular complexity index is 1880. The van der Waals surface area contributed by atoms with Crippen molar-refractivity contribution in [2.24, 2.45) is 7.05 Å². The van der Waals surface area contributed by atoms with E-state index in [2.05, 4.69) is 30.0 Å². The second-order valence-corrected chi connectivity index (χ2v) is 9.93. The van der Waals surface area contributed by atoms with Crippen molar-refractivity contribution in [1.29, 1.82) is 0 Å². The fourth-order valence-corrected chi connectivity index (χ4v) is 5.24. The number of nitrogens with one attached hydrogen (secondary N) is 1. The zero-order valence-corrected chi connectivity index (χ0v) is 21.3. The number of H-pyrrole nitrogens is 1. The van der Waals surface area contributed by atoms with Crippen molar-refractivity contribution in [3.63, 3.8) is 0 Å². The summed E-state index contributed by atoms with van der Waals surface area (Å²) in [5, 5.41) is 4.83. The van der Waals surface area contributed by atoms with Crippen LogP contribution in [0.15, 0.2) is 61.4 Å². The average Bonchev–Trinajstić information content (AvgIpc) is 3.64. The Morgan fingerprint density at radius 1 is 0.950 bits per heavy atom. The summed E-state index contributed by atoms with van der Waals surface area (Å²) in [5.41, 5.74) is 4.96. The molecule has 0 amide bonds. The minimum Gasteiger partial charge on any atom is -0.336 e. The minimum absolute atomic E-state index is 0.0955. The Balaban J connectivity index is 1.31. The highest BCUT2D eigenvalue weighted by Crippen LogP contribution is 2.35. The molecule has 6 aromatic heterocycles. The number of nitrogens with zero attached hydrogens (tertiary/aromatic N) is 8. The molecule has 0 atom stereocenters. The van der Waals surface area contributed by atoms with Crippen molar-refractivity contribution < 1.29 is 13.2 Å². The number of hydrogen-bond donors (Lipinski definition) is 1. The number of imidazole rings is 1. The number of likely N-dealkylation sites (tertiary alicyclic amines) is 1. The summed E-state index contributed by atoms with van der Waals surface area (Å²) in [5.74, 6) is -2.87. The molecule has 0 spiro atoms. The summed E-state index contributed by atoms with van der Waals surface area (Å²) in [4.78, 5) is 26.9. The second kappa shape index (κ2) is 9.19. The van der Waals surface area contributed by atoms with Gasteiger partial charge < -0.3 is 4.98 Å². The van der Waals surface area contributed by atoms with Crippen LogP contribution >= 0.6 is 0 Å². The molecule has 6 aromatic rings. The standard InChI is InChI=1S/C28H22F3N9/c1-39-20-13-35-23(18-10-16(11-33-12-18)14-40-9-5-28(30,31)15-40)22(29)21(20)26(38-39)27-36-19-4-8-34-24(25(19)37-27)17-2-6-32-7-3-17/h2-4,6-8,10-13H,5,9,14-15H2,1H3,(H,36,37). The molecule has 1 fully saturated rings. The summed E-state index contributed by atoms with van der Waals surface area (Å²) in [6.07, 6.45) is 9.57. The Morgan fingerprint density at radius 3 is 2.60 bits per heavy atom. The maximum Gasteiger partial charge on any atom is 0.261 e. The van der Waals surface area contributed by atoms with Gasteiger partial charge in [-0.2, -0.15) is 5.10 Å². The maximum atomic E-state index is 16.2. The lowest BCUT2D eigenvalue weighted by atomic mass is 10.1. The van der Waals surface area contributed by atoms with Crippen LogP contribution in [0, 0.1) is 5.82 Å². The van der Waals surface area contributed by atoms with E-state index in [9.17, 15) is 8.78 Å². The first-order chi connectivity index (χ1) is 19.4. The molecule has 1 aliphatic heterocycles. The molecule has 0 radical (unpaired) electrons. The van der Waals surface area contributed by atoms with Gasteiger partial charge in [0.05, 0.1) is 34.9 Å². The van der Waals surface area contributed by atoms with Crippen LogP contribution in [-0.4, -0.2) is 63.6 Å². The molecule has 40 heavy (non-hydrogen) atoms. The topological polar surface area (TPSA) is 101 Å². The molecule has 0 unspecified atom stereocenters. The van der Waals surface area contributed by atoms with E-state index in [4.69, 9.17) is 4.98 Å². The van der Waals surface area contributed by atoms with Gasteiger partial charge in [-0.05, 0) is 29.8 Å². The van der Waals surface area contributed by atoms with Crippen LogP contribution in [0.1, 0.15) is 12.0 Å². The van der Waals surface area contributed by atoms with Crippen molar-refractivity contribution in [2.45, 2.75) is 18.9 Å². The van der Waals surface area contributed by atoms with Gasteiger partial charge in [-0.25, -0.2) is 18.2 Å². The van der Waals surface area contributed by atoms with Crippen LogP contribution in [0.25, 0.3) is 56.0 Å². The number of rotatable bonds is 5. The van der Waals surface area contributed by atoms with Gasteiger partial charge in [0.25, 0.3) is 5.92 Å². The molecule has 0 bridgehead atoms. The third-order valence-corrected chi connectivity index (χ3v) is 7.14. The van der Waals surface area contributed by atoms with Crippen LogP contribution in [0.3, 0.4) is 0 Å². The quantitative estimate of drug-likeness (QED) is 0.327. The predicted molar refractivity (Wildman–Crippen MR) is 143 cm³/mol. The lowest BCUT2D eigenvalue weighted by Crippen LogP contribution is -2.24. The second-order valence-electron chi connectivity index (χ2n) is 9.93. The molecular formula is C28H22F3N9. The van der Waals surface area contributed by atoms with Gasteiger partial charge in [0.1, 0.15) is 16.9 Å². The van der Waals surface area contributed by atoms with Gasteiger partial charge in [0.15, 0.2) is 11.6 Å². The van der Waals surface area contributed by atoms with E-state index in [1.165, 1.54) is 6.20 Å². The highest BCUT2D eigenvalue weighted by atomic mass is 19.3. The van der Waals surface area contributed by atoms with Crippen molar-refractivity contribution in [3.8, 4) is 34.0 Å². The molecule has 0 saturated carbocycles. The van der Waals surface area contributed by atoms with Gasteiger partial charge in [-0.1, -0.05) is 0 Å². The fraction of sp³-hybridized carbons (Fsp3) is 0.214. The first-order valence-corrected chi connectivity index (χ1v) is 12.7. The monoisotopic (exact) mass is 541 g/mol. The number of hydrogen-bond acceptors (Lipinski definition) is 7. The predicted octanol–water partition coefficient (Wildman–Crippen LogP) is 5.01. The number of alkyl halides is 2. The molecule has 0 aromatic carbocycles. The first-order valence-electron chi connectivity index (χ1n) is 12.7. The average molecular weight is 542 g/mol. The zero-order chi connectivity index (χ0) is 27.4. The van der Waals surface area contributed by atoms with Gasteiger partial charge in [-0.15, -0.1) is 0 Å². The molecule has 1 N–H and O–H groups in total. The number of aromatic amines is 1. The smallest absolute Gasteiger partial charge is 0.261 e. The third-order valence-electron chi connectivity index (χ3n) is 7.14. The van der Waals surface area contributed by atoms with Crippen molar-refractivity contribution >= 4 is 21.9 Å². The molecular weight excluding hydrogens is 519 g/mol. The zero-order valence-electron chi connectivity index (χ0n) is 21.3. The summed E-state index contributed by atoms with van der Waals surface area (Å²) >= 11 is 0. The van der Waals surface area contributed by atoms with Crippen LogP contribution in [0.2, 0.25) is 0 Å². The summed E-state index contributed by atoms with van der Waals surface area (Å²) in [6, 6.07) is 7.24. The van der Waals surface area contributed by atoms with Crippen LogP contribution in [-0.2, 0) is 13.6 Å². The van der Waals surface area contributed by atoms with E-state index in [1.54, 1.807) is 59.7 Å². The van der Waals surface area contributed by atoms with E-state index in [0.717, 1.165) is 11.1 Å². The van der Waals surface area contributed by atoms with Crippen LogP contribution < -0.4 is 0 Å². The fourth-order valence-electron chi connectivity index (χ4n) is 5.24. The first kappa shape index (κ1) is 24.3. The number of pyridine rings is 4. The maximum absolute atomic E-state index is 16.2. The summed E-state index contributed by atoms with van der Waals surface area (Å²) in [6.45, 7) is 0.292. The number of aryl methyl sites for hydroxylation is 1. The molecule has 7 rings (SSSR count). The van der Waals surface area contributed by atoms with Crippen molar-refractivity contribution in [2.75, 3.05) is 13.1 Å². The molecule has 1 saturated heterocycles. The Morgan fingerprint density at radius 2 is 1.80 bits per heavy atom. The van der Waals surface area contributed by atoms with Crippen LogP contribution in [0.5, 0.6) is 0 Å². The van der Waals surface area contributed by atoms with E-state index >= 15 is 4.39 Å². The molecule has 1 aliphatic rings. The molecule has 7 heterocycles. The SMILES string of the molecule is Cn1nc(-c2nc3c(-c4ccncc4)nccc3[nH]2)c2c(F)c(-c3cncc(CN4CCC(F)(F)C4)c3)ncc21. The highest BCUT2D eigenvalue weighted by molar-refractivity contribution is 5.97. The molecule has 200 valence electrons. The largest absolute Gasteiger partial charge is 0.336 e. The minimum atomic E-state index is -2.69. The summed E-state index contributed by atoms with van der Waals surface area (Å²) < 4.78 is 45.1. The third kappa shape index (κ3) is 4.16. The number of fused-ring (bicyclic) bond motifs is 2. The van der Waals surface area contributed by atoms with Gasteiger partial charge >= 0.3 is 0 Å². The van der Waals surface area contributed by atoms with Crippen LogP contribution in [0.4, 0.5) is 13.2 Å². The molecule has 0 aliphatic carbocycles.